The Morgan fingerprint density at radius 3 is 2.66 bits per heavy atom. The van der Waals surface area contributed by atoms with Gasteiger partial charge in [0.1, 0.15) is 6.61 Å². The quantitative estimate of drug-likeness (QED) is 0.702. The average Bonchev–Trinajstić information content (AvgIpc) is 2.93. The highest BCUT2D eigenvalue weighted by Gasteiger charge is 2.70. The van der Waals surface area contributed by atoms with Crippen LogP contribution in [0.1, 0.15) is 52.9 Å². The summed E-state index contributed by atoms with van der Waals surface area (Å²) in [6, 6.07) is 0. The van der Waals surface area contributed by atoms with Gasteiger partial charge in [-0.25, -0.2) is 0 Å². The number of rotatable bonds is 3. The van der Waals surface area contributed by atoms with Crippen LogP contribution in [0.2, 0.25) is 0 Å². The van der Waals surface area contributed by atoms with Gasteiger partial charge < -0.3 is 14.9 Å². The summed E-state index contributed by atoms with van der Waals surface area (Å²) in [7, 11) is 0. The standard InChI is InChI=1S/C23H30O6/c1-13(25)29-23(19(28)12-24)9-7-17-16-5-4-14-10-15(26)6-8-21(14,2)20(16)18(27)11-22(17,23)3/h6,8,10,16-18,20,24,27H,4-5,7,9,11-12H2,1-3H3/t16-,17-,18+,20+,21+,22+,23-/m1/s1. The molecule has 29 heavy (non-hydrogen) atoms. The number of fused-ring (bicyclic) bond motifs is 5. The van der Waals surface area contributed by atoms with Gasteiger partial charge >= 0.3 is 5.97 Å². The summed E-state index contributed by atoms with van der Waals surface area (Å²) < 4.78 is 5.67. The van der Waals surface area contributed by atoms with Crippen molar-refractivity contribution in [2.24, 2.45) is 28.6 Å². The molecule has 4 rings (SSSR count). The third kappa shape index (κ3) is 2.65. The largest absolute Gasteiger partial charge is 0.451 e. The molecule has 0 aliphatic heterocycles. The molecule has 0 aromatic heterocycles. The lowest BCUT2D eigenvalue weighted by Crippen LogP contribution is -2.62. The second-order valence-corrected chi connectivity index (χ2v) is 9.75. The van der Waals surface area contributed by atoms with E-state index in [9.17, 15) is 24.6 Å². The number of ether oxygens (including phenoxy) is 1. The number of ketones is 2. The molecule has 7 atom stereocenters. The first-order valence-electron chi connectivity index (χ1n) is 10.5. The average molecular weight is 402 g/mol. The topological polar surface area (TPSA) is 101 Å². The van der Waals surface area contributed by atoms with Gasteiger partial charge in [-0.1, -0.05) is 25.5 Å². The molecule has 0 aromatic carbocycles. The van der Waals surface area contributed by atoms with Crippen molar-refractivity contribution in [2.45, 2.75) is 64.6 Å². The van der Waals surface area contributed by atoms with Crippen LogP contribution in [0.5, 0.6) is 0 Å². The Kier molecular flexibility index (Phi) is 4.67. The SMILES string of the molecule is CC(=O)O[C@@]1(C(=O)CO)CC[C@@H]2[C@H]3CCC4=CC(=O)C=C[C@]4(C)[C@@H]3[C@@H](O)C[C@@]21C. The minimum atomic E-state index is -1.39. The van der Waals surface area contributed by atoms with Crippen LogP contribution in [0.25, 0.3) is 0 Å². The van der Waals surface area contributed by atoms with Gasteiger partial charge in [0.25, 0.3) is 0 Å². The summed E-state index contributed by atoms with van der Waals surface area (Å²) in [6.07, 6.45) is 7.56. The monoisotopic (exact) mass is 402 g/mol. The van der Waals surface area contributed by atoms with Gasteiger partial charge in [-0.3, -0.25) is 14.4 Å². The molecule has 0 unspecified atom stereocenters. The van der Waals surface area contributed by atoms with Crippen molar-refractivity contribution in [1.82, 2.24) is 0 Å². The minimum absolute atomic E-state index is 0.00523. The molecule has 0 bridgehead atoms. The van der Waals surface area contributed by atoms with Crippen molar-refractivity contribution in [2.75, 3.05) is 6.61 Å². The van der Waals surface area contributed by atoms with Gasteiger partial charge in [-0.2, -0.15) is 0 Å². The molecule has 2 N–H and O–H groups in total. The van der Waals surface area contributed by atoms with E-state index in [1.165, 1.54) is 6.92 Å². The van der Waals surface area contributed by atoms with Crippen molar-refractivity contribution in [1.29, 1.82) is 0 Å². The number of hydrogen-bond acceptors (Lipinski definition) is 6. The van der Waals surface area contributed by atoms with Crippen LogP contribution in [0.15, 0.2) is 23.8 Å². The third-order valence-corrected chi connectivity index (χ3v) is 8.53. The maximum Gasteiger partial charge on any atom is 0.303 e. The Morgan fingerprint density at radius 2 is 2.00 bits per heavy atom. The minimum Gasteiger partial charge on any atom is -0.451 e. The maximum absolute atomic E-state index is 12.9. The van der Waals surface area contributed by atoms with Crippen molar-refractivity contribution >= 4 is 17.5 Å². The zero-order chi connectivity index (χ0) is 21.2. The van der Waals surface area contributed by atoms with E-state index in [1.54, 1.807) is 12.2 Å². The van der Waals surface area contributed by atoms with E-state index in [-0.39, 0.29) is 29.0 Å². The lowest BCUT2D eigenvalue weighted by Gasteiger charge is -2.59. The van der Waals surface area contributed by atoms with Crippen LogP contribution in [-0.2, 0) is 19.1 Å². The Morgan fingerprint density at radius 1 is 1.28 bits per heavy atom. The number of Topliss-reactive ketones (excluding diaryl/α,β-unsaturated/α-hetero) is 1. The highest BCUT2D eigenvalue weighted by Crippen LogP contribution is 2.67. The first-order valence-corrected chi connectivity index (χ1v) is 10.5. The fourth-order valence-electron chi connectivity index (χ4n) is 7.37. The maximum atomic E-state index is 12.9. The second-order valence-electron chi connectivity index (χ2n) is 9.75. The Balaban J connectivity index is 1.77. The normalized spacial score (nSPS) is 45.7. The Bertz CT molecular complexity index is 827. The number of hydrogen-bond donors (Lipinski definition) is 2. The van der Waals surface area contributed by atoms with Crippen molar-refractivity contribution in [3.8, 4) is 0 Å². The fourth-order valence-corrected chi connectivity index (χ4v) is 7.37. The summed E-state index contributed by atoms with van der Waals surface area (Å²) in [5.41, 5.74) is -1.43. The van der Waals surface area contributed by atoms with Gasteiger partial charge in [-0.15, -0.1) is 0 Å². The molecule has 0 heterocycles. The number of carbonyl (C=O) groups is 3. The molecule has 3 saturated carbocycles. The van der Waals surface area contributed by atoms with Crippen molar-refractivity contribution in [3.05, 3.63) is 23.8 Å². The summed E-state index contributed by atoms with van der Waals surface area (Å²) in [4.78, 5) is 36.7. The second kappa shape index (κ2) is 6.61. The van der Waals surface area contributed by atoms with E-state index < -0.39 is 35.5 Å². The first kappa shape index (κ1) is 20.5. The molecule has 0 radical (unpaired) electrons. The lowest BCUT2D eigenvalue weighted by molar-refractivity contribution is -0.198. The predicted octanol–water partition coefficient (Wildman–Crippen LogP) is 2.13. The van der Waals surface area contributed by atoms with E-state index in [1.807, 2.05) is 13.0 Å². The van der Waals surface area contributed by atoms with Crippen molar-refractivity contribution < 1.29 is 29.3 Å². The van der Waals surface area contributed by atoms with E-state index in [0.717, 1.165) is 18.4 Å². The molecule has 4 aliphatic rings. The van der Waals surface area contributed by atoms with Crippen molar-refractivity contribution in [3.63, 3.8) is 0 Å². The smallest absolute Gasteiger partial charge is 0.303 e. The number of carbonyl (C=O) groups excluding carboxylic acids is 3. The molecule has 6 nitrogen and oxygen atoms in total. The summed E-state index contributed by atoms with van der Waals surface area (Å²) >= 11 is 0. The van der Waals surface area contributed by atoms with Crippen LogP contribution in [-0.4, -0.2) is 46.1 Å². The lowest BCUT2D eigenvalue weighted by atomic mass is 9.46. The zero-order valence-corrected chi connectivity index (χ0v) is 17.3. The van der Waals surface area contributed by atoms with Gasteiger partial charge in [0, 0.05) is 23.7 Å². The van der Waals surface area contributed by atoms with Gasteiger partial charge in [0.05, 0.1) is 6.10 Å². The van der Waals surface area contributed by atoms with Crippen LogP contribution < -0.4 is 0 Å². The molecular formula is C23H30O6. The summed E-state index contributed by atoms with van der Waals surface area (Å²) in [6.45, 7) is 4.63. The van der Waals surface area contributed by atoms with Crippen LogP contribution in [0.3, 0.4) is 0 Å². The number of allylic oxidation sites excluding steroid dienone is 4. The molecule has 0 aromatic rings. The summed E-state index contributed by atoms with van der Waals surface area (Å²) in [5, 5.41) is 21.0. The highest BCUT2D eigenvalue weighted by molar-refractivity contribution is 6.01. The molecule has 0 amide bonds. The number of esters is 1. The number of aliphatic hydroxyl groups is 2. The molecule has 3 fully saturated rings. The molecule has 0 saturated heterocycles. The van der Waals surface area contributed by atoms with E-state index in [4.69, 9.17) is 4.74 Å². The third-order valence-electron chi connectivity index (χ3n) is 8.53. The van der Waals surface area contributed by atoms with Gasteiger partial charge in [0.15, 0.2) is 11.4 Å². The van der Waals surface area contributed by atoms with Crippen LogP contribution >= 0.6 is 0 Å². The molecule has 4 aliphatic carbocycles. The number of aliphatic hydroxyl groups excluding tert-OH is 2. The predicted molar refractivity (Wildman–Crippen MR) is 105 cm³/mol. The van der Waals surface area contributed by atoms with E-state index in [2.05, 4.69) is 6.92 Å². The Labute approximate surface area is 171 Å². The van der Waals surface area contributed by atoms with Crippen LogP contribution in [0.4, 0.5) is 0 Å². The van der Waals surface area contributed by atoms with E-state index >= 15 is 0 Å². The molecular weight excluding hydrogens is 372 g/mol. The zero-order valence-electron chi connectivity index (χ0n) is 17.3. The van der Waals surface area contributed by atoms with Crippen LogP contribution in [0, 0.1) is 28.6 Å². The van der Waals surface area contributed by atoms with Gasteiger partial charge in [-0.05, 0) is 56.1 Å². The molecule has 0 spiro atoms. The molecule has 6 heteroatoms. The highest BCUT2D eigenvalue weighted by atomic mass is 16.6. The Hall–Kier alpha value is -1.79. The first-order chi connectivity index (χ1) is 13.6. The molecule has 158 valence electrons. The summed E-state index contributed by atoms with van der Waals surface area (Å²) in [5.74, 6) is -0.839. The van der Waals surface area contributed by atoms with E-state index in [0.29, 0.717) is 19.3 Å². The van der Waals surface area contributed by atoms with Gasteiger partial charge in [0.2, 0.25) is 5.78 Å². The fraction of sp³-hybridized carbons (Fsp3) is 0.696.